The summed E-state index contributed by atoms with van der Waals surface area (Å²) in [7, 11) is 1.60. The fraction of sp³-hybridized carbons (Fsp3) is 0.800. The van der Waals surface area contributed by atoms with Gasteiger partial charge in [0.1, 0.15) is 12.2 Å². The molecule has 0 bridgehead atoms. The largest absolute Gasteiger partial charge is 0.480 e. The minimum absolute atomic E-state index is 0.0805. The number of hydrogen-bond acceptors (Lipinski definition) is 4. The molecule has 0 spiro atoms. The lowest BCUT2D eigenvalue weighted by molar-refractivity contribution is -0.160. The van der Waals surface area contributed by atoms with Crippen LogP contribution in [0.4, 0.5) is 4.79 Å². The number of carbonyl (C=O) groups is 2. The highest BCUT2D eigenvalue weighted by Gasteiger charge is 2.43. The zero-order valence-electron chi connectivity index (χ0n) is 10.0. The lowest BCUT2D eigenvalue weighted by Gasteiger charge is -2.48. The van der Waals surface area contributed by atoms with E-state index in [4.69, 9.17) is 14.9 Å². The maximum Gasteiger partial charge on any atom is 0.329 e. The van der Waals surface area contributed by atoms with Crippen molar-refractivity contribution in [2.45, 2.75) is 12.5 Å². The van der Waals surface area contributed by atoms with Gasteiger partial charge in [-0.1, -0.05) is 0 Å². The van der Waals surface area contributed by atoms with Crippen molar-refractivity contribution in [1.29, 1.82) is 0 Å². The summed E-state index contributed by atoms with van der Waals surface area (Å²) in [4.78, 5) is 25.0. The molecule has 0 unspecified atom stereocenters. The van der Waals surface area contributed by atoms with Gasteiger partial charge in [-0.2, -0.15) is 0 Å². The van der Waals surface area contributed by atoms with Gasteiger partial charge in [0.15, 0.2) is 0 Å². The number of aliphatic hydroxyl groups excluding tert-OH is 1. The number of urea groups is 1. The smallest absolute Gasteiger partial charge is 0.329 e. The number of nitrogens with zero attached hydrogens (tertiary/aromatic N) is 2. The van der Waals surface area contributed by atoms with Crippen LogP contribution in [-0.4, -0.2) is 77.5 Å². The van der Waals surface area contributed by atoms with E-state index in [1.807, 2.05) is 0 Å². The summed E-state index contributed by atoms with van der Waals surface area (Å²) < 4.78 is 5.19. The molecular formula is C10H18N2O5. The molecule has 17 heavy (non-hydrogen) atoms. The van der Waals surface area contributed by atoms with Gasteiger partial charge < -0.3 is 24.7 Å². The lowest BCUT2D eigenvalue weighted by Crippen LogP contribution is -2.65. The monoisotopic (exact) mass is 246 g/mol. The normalized spacial score (nSPS) is 17.5. The predicted molar refractivity (Wildman–Crippen MR) is 58.7 cm³/mol. The topological polar surface area (TPSA) is 90.3 Å². The second kappa shape index (κ2) is 5.33. The molecule has 0 atom stereocenters. The maximum atomic E-state index is 11.7. The van der Waals surface area contributed by atoms with Crippen LogP contribution in [-0.2, 0) is 9.53 Å². The molecule has 7 heteroatoms. The molecule has 7 nitrogen and oxygen atoms in total. The van der Waals surface area contributed by atoms with Crippen LogP contribution in [0.2, 0.25) is 0 Å². The number of hydrogen-bond donors (Lipinski definition) is 2. The lowest BCUT2D eigenvalue weighted by atomic mass is 9.97. The van der Waals surface area contributed by atoms with Crippen molar-refractivity contribution in [2.75, 3.05) is 39.9 Å². The summed E-state index contributed by atoms with van der Waals surface area (Å²) in [6.07, 6.45) is 0. The molecule has 1 fully saturated rings. The molecule has 1 aliphatic heterocycles. The minimum Gasteiger partial charge on any atom is -0.480 e. The number of likely N-dealkylation sites (tertiary alicyclic amines) is 1. The molecule has 1 aliphatic rings. The molecular weight excluding hydrogens is 228 g/mol. The Balaban J connectivity index is 2.34. The van der Waals surface area contributed by atoms with E-state index in [1.165, 1.54) is 4.90 Å². The van der Waals surface area contributed by atoms with Crippen LogP contribution >= 0.6 is 0 Å². The van der Waals surface area contributed by atoms with Crippen molar-refractivity contribution in [3.8, 4) is 0 Å². The molecule has 2 amide bonds. The summed E-state index contributed by atoms with van der Waals surface area (Å²) >= 11 is 0. The van der Waals surface area contributed by atoms with Gasteiger partial charge in [-0.15, -0.1) is 0 Å². The standard InChI is InChI=1S/C10H18N2O5/c1-10(17-5-8(14)15)6-12(7-10)9(16)11(2)3-4-13/h13H,3-7H2,1-2H3,(H,14,15). The number of likely N-dealkylation sites (N-methyl/N-ethyl adjacent to an activating group) is 1. The highest BCUT2D eigenvalue weighted by atomic mass is 16.5. The average Bonchev–Trinajstić information content (AvgIpc) is 2.22. The summed E-state index contributed by atoms with van der Waals surface area (Å²) in [5.74, 6) is -1.02. The van der Waals surface area contributed by atoms with E-state index >= 15 is 0 Å². The third kappa shape index (κ3) is 3.57. The quantitative estimate of drug-likeness (QED) is 0.663. The number of rotatable bonds is 5. The molecule has 1 saturated heterocycles. The van der Waals surface area contributed by atoms with Gasteiger partial charge in [-0.25, -0.2) is 9.59 Å². The van der Waals surface area contributed by atoms with E-state index in [0.717, 1.165) is 0 Å². The molecule has 2 N–H and O–H groups in total. The first kappa shape index (κ1) is 13.7. The number of aliphatic hydroxyl groups is 1. The third-order valence-corrected chi connectivity index (χ3v) is 2.63. The zero-order valence-corrected chi connectivity index (χ0v) is 10.0. The van der Waals surface area contributed by atoms with Gasteiger partial charge in [-0.3, -0.25) is 0 Å². The van der Waals surface area contributed by atoms with Crippen molar-refractivity contribution in [2.24, 2.45) is 0 Å². The second-order valence-electron chi connectivity index (χ2n) is 4.42. The Bertz CT molecular complexity index is 301. The van der Waals surface area contributed by atoms with E-state index in [0.29, 0.717) is 13.1 Å². The van der Waals surface area contributed by atoms with Gasteiger partial charge in [0.05, 0.1) is 19.7 Å². The van der Waals surface area contributed by atoms with Crippen LogP contribution in [0.3, 0.4) is 0 Å². The number of carbonyl (C=O) groups excluding carboxylic acids is 1. The SMILES string of the molecule is CN(CCO)C(=O)N1CC(C)(OCC(=O)O)C1. The Hall–Kier alpha value is -1.34. The molecule has 0 aromatic carbocycles. The fourth-order valence-corrected chi connectivity index (χ4v) is 1.71. The Labute approximate surface area is 99.6 Å². The number of carboxylic acids is 1. The minimum atomic E-state index is -1.02. The summed E-state index contributed by atoms with van der Waals surface area (Å²) in [5.41, 5.74) is -0.575. The van der Waals surface area contributed by atoms with Crippen LogP contribution in [0.1, 0.15) is 6.92 Å². The van der Waals surface area contributed by atoms with Gasteiger partial charge in [0.25, 0.3) is 0 Å². The Morgan fingerprint density at radius 1 is 1.47 bits per heavy atom. The van der Waals surface area contributed by atoms with Crippen molar-refractivity contribution in [1.82, 2.24) is 9.80 Å². The van der Waals surface area contributed by atoms with E-state index in [2.05, 4.69) is 0 Å². The fourth-order valence-electron chi connectivity index (χ4n) is 1.71. The van der Waals surface area contributed by atoms with Gasteiger partial charge in [0.2, 0.25) is 0 Å². The highest BCUT2D eigenvalue weighted by molar-refractivity contribution is 5.75. The number of carboxylic acid groups (broad SMARTS) is 1. The molecule has 1 heterocycles. The van der Waals surface area contributed by atoms with Crippen molar-refractivity contribution in [3.63, 3.8) is 0 Å². The first-order chi connectivity index (χ1) is 7.88. The molecule has 0 aromatic heterocycles. The van der Waals surface area contributed by atoms with E-state index < -0.39 is 11.6 Å². The maximum absolute atomic E-state index is 11.7. The van der Waals surface area contributed by atoms with Crippen LogP contribution in [0, 0.1) is 0 Å². The Kier molecular flexibility index (Phi) is 4.30. The van der Waals surface area contributed by atoms with E-state index in [-0.39, 0.29) is 25.8 Å². The number of aliphatic carboxylic acids is 1. The molecule has 1 rings (SSSR count). The summed E-state index contributed by atoms with van der Waals surface area (Å²) in [5, 5.41) is 17.2. The van der Waals surface area contributed by atoms with Crippen LogP contribution in [0.25, 0.3) is 0 Å². The van der Waals surface area contributed by atoms with Crippen molar-refractivity contribution < 1.29 is 24.5 Å². The first-order valence-electron chi connectivity index (χ1n) is 5.34. The summed E-state index contributed by atoms with van der Waals surface area (Å²) in [6, 6.07) is -0.185. The molecule has 0 aromatic rings. The van der Waals surface area contributed by atoms with Crippen LogP contribution in [0.5, 0.6) is 0 Å². The highest BCUT2D eigenvalue weighted by Crippen LogP contribution is 2.25. The predicted octanol–water partition coefficient (Wildman–Crippen LogP) is -0.794. The Morgan fingerprint density at radius 3 is 2.53 bits per heavy atom. The first-order valence-corrected chi connectivity index (χ1v) is 5.34. The van der Waals surface area contributed by atoms with E-state index in [1.54, 1.807) is 18.9 Å². The second-order valence-corrected chi connectivity index (χ2v) is 4.42. The molecule has 0 saturated carbocycles. The van der Waals surface area contributed by atoms with E-state index in [9.17, 15) is 9.59 Å². The average molecular weight is 246 g/mol. The van der Waals surface area contributed by atoms with Crippen molar-refractivity contribution in [3.05, 3.63) is 0 Å². The molecule has 0 aliphatic carbocycles. The number of ether oxygens (including phenoxy) is 1. The van der Waals surface area contributed by atoms with Gasteiger partial charge in [-0.05, 0) is 6.92 Å². The van der Waals surface area contributed by atoms with Gasteiger partial charge >= 0.3 is 12.0 Å². The Morgan fingerprint density at radius 2 is 2.06 bits per heavy atom. The van der Waals surface area contributed by atoms with Gasteiger partial charge in [0, 0.05) is 13.6 Å². The number of amides is 2. The van der Waals surface area contributed by atoms with Crippen LogP contribution < -0.4 is 0 Å². The van der Waals surface area contributed by atoms with Crippen LogP contribution in [0.15, 0.2) is 0 Å². The molecule has 98 valence electrons. The summed E-state index contributed by atoms with van der Waals surface area (Å²) in [6.45, 7) is 2.35. The molecule has 0 radical (unpaired) electrons. The zero-order chi connectivity index (χ0) is 13.1. The third-order valence-electron chi connectivity index (χ3n) is 2.63. The van der Waals surface area contributed by atoms with Crippen molar-refractivity contribution >= 4 is 12.0 Å².